The van der Waals surface area contributed by atoms with Crippen molar-refractivity contribution in [1.29, 1.82) is 0 Å². The van der Waals surface area contributed by atoms with Crippen molar-refractivity contribution < 1.29 is 47.6 Å². The average Bonchev–Trinajstić information content (AvgIpc) is 3.87. The van der Waals surface area contributed by atoms with Crippen molar-refractivity contribution in [3.8, 4) is 0 Å². The van der Waals surface area contributed by atoms with Crippen LogP contribution in [-0.4, -0.2) is 190 Å². The maximum absolute atomic E-state index is 13.4. The summed E-state index contributed by atoms with van der Waals surface area (Å²) in [6.45, 7) is 15.8. The number of thioether (sulfide) groups is 1. The number of carbonyl (C=O) groups is 4. The molecule has 19 nitrogen and oxygen atoms in total. The number of urea groups is 1. The first-order valence-corrected chi connectivity index (χ1v) is 23.8. The minimum Gasteiger partial charge on any atom is -0.379 e. The molecular formula is C43H77N9O10S. The molecule has 3 aliphatic heterocycles. The van der Waals surface area contributed by atoms with Gasteiger partial charge in [-0.25, -0.2) is 9.48 Å². The van der Waals surface area contributed by atoms with Crippen LogP contribution in [0, 0.1) is 0 Å². The third-order valence-electron chi connectivity index (χ3n) is 11.9. The molecule has 0 radical (unpaired) electrons. The molecule has 3 aliphatic rings. The molecule has 0 aromatic carbocycles. The van der Waals surface area contributed by atoms with Gasteiger partial charge < -0.3 is 54.6 Å². The molecule has 20 heteroatoms. The number of aromatic nitrogens is 3. The molecule has 5 atom stereocenters. The van der Waals surface area contributed by atoms with Gasteiger partial charge in [-0.15, -0.1) is 5.10 Å². The van der Waals surface area contributed by atoms with Crippen LogP contribution in [0.4, 0.5) is 4.79 Å². The largest absolute Gasteiger partial charge is 0.379 e. The van der Waals surface area contributed by atoms with E-state index in [2.05, 4.69) is 71.2 Å². The maximum atomic E-state index is 13.4. The minimum absolute atomic E-state index is 0.0357. The standard InChI is InChI=1S/C43H77N9O10S/c1-42(2,3)50(5)20-24-61-25-21-52-32-16-19-51(30-33(57-6)39(58-7)38(32)48-49-52)37(55)15-9-14-36(54)45-18-11-23-60-27-29-62-28-26-59-22-10-17-44-35(53)13-8-12-34-40-43(4,31-63-34)47-41(56)46-40/h33-34,39-40H,8-31H2,1-7H3,(H,44,53)(H,45,54)(H2,46,47,56)/t33-,34-,39+,40+,43-/m0/s1. The smallest absolute Gasteiger partial charge is 0.315 e. The van der Waals surface area contributed by atoms with Crippen LogP contribution >= 0.6 is 11.8 Å². The van der Waals surface area contributed by atoms with E-state index in [4.69, 9.17) is 28.4 Å². The molecule has 0 spiro atoms. The molecule has 5 amide bonds. The third kappa shape index (κ3) is 17.7. The normalized spacial score (nSPS) is 22.3. The van der Waals surface area contributed by atoms with Crippen LogP contribution in [0.3, 0.4) is 0 Å². The van der Waals surface area contributed by atoms with Crippen LogP contribution in [0.2, 0.25) is 0 Å². The SMILES string of the molecule is CO[C@H]1CN(C(=O)CCCC(=O)NCCCOCCOCCOCCCNC(=O)CCC[C@@H]2SC[C@]3(C)NC(=O)N[C@H]23)CCc2c(nnn2CCOCCN(C)C(C)(C)C)[C@@H]1OC. The summed E-state index contributed by atoms with van der Waals surface area (Å²) in [6.07, 6.45) is 4.17. The number of fused-ring (bicyclic) bond motifs is 2. The minimum atomic E-state index is -0.485. The Morgan fingerprint density at radius 3 is 2.14 bits per heavy atom. The van der Waals surface area contributed by atoms with Crippen LogP contribution in [0.1, 0.15) is 96.6 Å². The lowest BCUT2D eigenvalue weighted by Crippen LogP contribution is -2.47. The summed E-state index contributed by atoms with van der Waals surface area (Å²) in [7, 11) is 5.30. The fourth-order valence-electron chi connectivity index (χ4n) is 7.78. The van der Waals surface area contributed by atoms with Gasteiger partial charge in [0.25, 0.3) is 0 Å². The van der Waals surface area contributed by atoms with Gasteiger partial charge in [-0.3, -0.25) is 19.3 Å². The van der Waals surface area contributed by atoms with Gasteiger partial charge in [-0.2, -0.15) is 11.8 Å². The third-order valence-corrected chi connectivity index (χ3v) is 13.6. The number of likely N-dealkylation sites (N-methyl/N-ethyl adjacent to an activating group) is 1. The number of carbonyl (C=O) groups excluding carboxylic acids is 4. The molecule has 0 aliphatic carbocycles. The number of hydrogen-bond donors (Lipinski definition) is 4. The Bertz CT molecular complexity index is 1550. The molecule has 2 fully saturated rings. The average molecular weight is 912 g/mol. The molecule has 63 heavy (non-hydrogen) atoms. The van der Waals surface area contributed by atoms with Gasteiger partial charge in [0.1, 0.15) is 17.9 Å². The van der Waals surface area contributed by atoms with Crippen molar-refractivity contribution in [2.24, 2.45) is 0 Å². The second kappa shape index (κ2) is 27.4. The molecule has 2 saturated heterocycles. The van der Waals surface area contributed by atoms with E-state index >= 15 is 0 Å². The first kappa shape index (κ1) is 52.5. The van der Waals surface area contributed by atoms with Crippen LogP contribution in [-0.2, 0) is 55.8 Å². The van der Waals surface area contributed by atoms with Gasteiger partial charge >= 0.3 is 6.03 Å². The summed E-state index contributed by atoms with van der Waals surface area (Å²) < 4.78 is 36.2. The lowest BCUT2D eigenvalue weighted by Gasteiger charge is -2.33. The Labute approximate surface area is 378 Å². The number of hydrogen-bond acceptors (Lipinski definition) is 14. The summed E-state index contributed by atoms with van der Waals surface area (Å²) in [5, 5.41) is 21.1. The summed E-state index contributed by atoms with van der Waals surface area (Å²) >= 11 is 1.86. The topological polar surface area (TPSA) is 209 Å². The Balaban J connectivity index is 0.960. The Morgan fingerprint density at radius 1 is 0.873 bits per heavy atom. The summed E-state index contributed by atoms with van der Waals surface area (Å²) in [5.74, 6) is 0.806. The van der Waals surface area contributed by atoms with Gasteiger partial charge in [0, 0.05) is 102 Å². The molecular weight excluding hydrogens is 835 g/mol. The molecule has 0 bridgehead atoms. The maximum Gasteiger partial charge on any atom is 0.315 e. The van der Waals surface area contributed by atoms with Gasteiger partial charge in [0.05, 0.1) is 63.5 Å². The monoisotopic (exact) mass is 912 g/mol. The highest BCUT2D eigenvalue weighted by atomic mass is 32.2. The van der Waals surface area contributed by atoms with E-state index in [9.17, 15) is 19.2 Å². The number of nitrogens with zero attached hydrogens (tertiary/aromatic N) is 5. The first-order chi connectivity index (χ1) is 30.3. The predicted octanol–water partition coefficient (Wildman–Crippen LogP) is 2.07. The number of nitrogens with one attached hydrogen (secondary N) is 4. The zero-order chi connectivity index (χ0) is 45.7. The molecule has 4 heterocycles. The Hall–Kier alpha value is -3.11. The fraction of sp³-hybridized carbons (Fsp3) is 0.860. The van der Waals surface area contributed by atoms with E-state index in [0.29, 0.717) is 117 Å². The van der Waals surface area contributed by atoms with E-state index in [0.717, 1.165) is 42.9 Å². The lowest BCUT2D eigenvalue weighted by atomic mass is 9.92. The van der Waals surface area contributed by atoms with Gasteiger partial charge in [-0.1, -0.05) is 5.21 Å². The molecule has 1 aromatic rings. The molecule has 4 N–H and O–H groups in total. The van der Waals surface area contributed by atoms with Gasteiger partial charge in [0.15, 0.2) is 0 Å². The van der Waals surface area contributed by atoms with Crippen molar-refractivity contribution in [2.75, 3.05) is 113 Å². The molecule has 360 valence electrons. The van der Waals surface area contributed by atoms with Crippen molar-refractivity contribution in [3.05, 3.63) is 11.4 Å². The zero-order valence-electron chi connectivity index (χ0n) is 39.0. The van der Waals surface area contributed by atoms with E-state index in [1.54, 1.807) is 19.1 Å². The second-order valence-corrected chi connectivity index (χ2v) is 18.9. The highest BCUT2D eigenvalue weighted by Crippen LogP contribution is 2.39. The number of ether oxygens (including phenoxy) is 6. The molecule has 0 saturated carbocycles. The Morgan fingerprint density at radius 2 is 1.51 bits per heavy atom. The highest BCUT2D eigenvalue weighted by Gasteiger charge is 2.51. The predicted molar refractivity (Wildman–Crippen MR) is 240 cm³/mol. The summed E-state index contributed by atoms with van der Waals surface area (Å²) in [4.78, 5) is 53.9. The molecule has 1 aromatic heterocycles. The Kier molecular flexibility index (Phi) is 22.8. The first-order valence-electron chi connectivity index (χ1n) is 22.8. The van der Waals surface area contributed by atoms with Crippen molar-refractivity contribution in [2.45, 2.75) is 127 Å². The quantitative estimate of drug-likeness (QED) is 0.0644. The van der Waals surface area contributed by atoms with Crippen LogP contribution in [0.25, 0.3) is 0 Å². The van der Waals surface area contributed by atoms with Crippen molar-refractivity contribution in [3.63, 3.8) is 0 Å². The van der Waals surface area contributed by atoms with Crippen molar-refractivity contribution >= 4 is 35.5 Å². The van der Waals surface area contributed by atoms with Crippen molar-refractivity contribution in [1.82, 2.24) is 46.1 Å². The van der Waals surface area contributed by atoms with E-state index in [-0.39, 0.29) is 53.7 Å². The van der Waals surface area contributed by atoms with E-state index < -0.39 is 12.2 Å². The second-order valence-electron chi connectivity index (χ2n) is 17.7. The molecule has 4 rings (SSSR count). The number of amides is 5. The van der Waals surface area contributed by atoms with Crippen LogP contribution < -0.4 is 21.3 Å². The zero-order valence-corrected chi connectivity index (χ0v) is 39.8. The van der Waals surface area contributed by atoms with Crippen LogP contribution in [0.15, 0.2) is 0 Å². The number of methoxy groups -OCH3 is 2. The van der Waals surface area contributed by atoms with E-state index in [1.807, 2.05) is 16.4 Å². The number of rotatable bonds is 30. The highest BCUT2D eigenvalue weighted by molar-refractivity contribution is 8.00. The fourth-order valence-corrected chi connectivity index (χ4v) is 9.48. The van der Waals surface area contributed by atoms with Gasteiger partial charge in [0.2, 0.25) is 17.7 Å². The van der Waals surface area contributed by atoms with Gasteiger partial charge in [-0.05, 0) is 66.8 Å². The summed E-state index contributed by atoms with van der Waals surface area (Å²) in [6, 6.07) is 0.0255. The van der Waals surface area contributed by atoms with Crippen LogP contribution in [0.5, 0.6) is 0 Å². The summed E-state index contributed by atoms with van der Waals surface area (Å²) in [5.41, 5.74) is 1.51. The lowest BCUT2D eigenvalue weighted by molar-refractivity contribution is -0.135. The molecule has 0 unspecified atom stereocenters. The van der Waals surface area contributed by atoms with E-state index in [1.165, 1.54) is 0 Å².